The maximum absolute atomic E-state index is 4.49. The minimum atomic E-state index is 0.797. The predicted octanol–water partition coefficient (Wildman–Crippen LogP) is 3.38. The van der Waals surface area contributed by atoms with Gasteiger partial charge >= 0.3 is 0 Å². The highest BCUT2D eigenvalue weighted by Gasteiger charge is 2.05. The van der Waals surface area contributed by atoms with Crippen molar-refractivity contribution in [2.24, 2.45) is 0 Å². The Hall–Kier alpha value is -1.09. The van der Waals surface area contributed by atoms with Gasteiger partial charge in [0, 0.05) is 11.5 Å². The molecular formula is C12H13BrN2. The monoisotopic (exact) mass is 264 g/mol. The second-order valence-corrected chi connectivity index (χ2v) is 4.19. The van der Waals surface area contributed by atoms with Crippen molar-refractivity contribution in [1.82, 2.24) is 9.78 Å². The van der Waals surface area contributed by atoms with Crippen LogP contribution in [0.15, 0.2) is 30.5 Å². The van der Waals surface area contributed by atoms with Crippen LogP contribution in [0.1, 0.15) is 16.8 Å². The van der Waals surface area contributed by atoms with Crippen molar-refractivity contribution in [3.63, 3.8) is 0 Å². The van der Waals surface area contributed by atoms with Crippen molar-refractivity contribution < 1.29 is 0 Å². The molecule has 0 aliphatic rings. The summed E-state index contributed by atoms with van der Waals surface area (Å²) in [6, 6.07) is 8.32. The summed E-state index contributed by atoms with van der Waals surface area (Å²) in [6.45, 7) is 4.22. The first-order valence-electron chi connectivity index (χ1n) is 4.89. The summed E-state index contributed by atoms with van der Waals surface area (Å²) in [5.41, 5.74) is 4.74. The highest BCUT2D eigenvalue weighted by Crippen LogP contribution is 2.18. The van der Waals surface area contributed by atoms with E-state index in [1.807, 2.05) is 16.9 Å². The number of alkyl halides is 1. The van der Waals surface area contributed by atoms with Gasteiger partial charge in [-0.3, -0.25) is 0 Å². The molecule has 1 aromatic carbocycles. The summed E-state index contributed by atoms with van der Waals surface area (Å²) < 4.78 is 1.95. The zero-order valence-corrected chi connectivity index (χ0v) is 10.5. The van der Waals surface area contributed by atoms with Crippen molar-refractivity contribution in [3.05, 3.63) is 47.3 Å². The van der Waals surface area contributed by atoms with Crippen molar-refractivity contribution in [1.29, 1.82) is 0 Å². The van der Waals surface area contributed by atoms with Gasteiger partial charge in [-0.05, 0) is 31.0 Å². The van der Waals surface area contributed by atoms with Gasteiger partial charge in [0.05, 0.1) is 11.4 Å². The van der Waals surface area contributed by atoms with E-state index >= 15 is 0 Å². The van der Waals surface area contributed by atoms with Crippen LogP contribution in [0.4, 0.5) is 0 Å². The standard InChI is InChI=1S/C12H13BrN2/c1-9-4-3-5-10(2)12(9)15-7-6-11(8-13)14-15/h3-7H,8H2,1-2H3. The largest absolute Gasteiger partial charge is 0.240 e. The van der Waals surface area contributed by atoms with Gasteiger partial charge in [0.25, 0.3) is 0 Å². The smallest absolute Gasteiger partial charge is 0.0734 e. The van der Waals surface area contributed by atoms with Crippen molar-refractivity contribution in [3.8, 4) is 5.69 Å². The molecule has 0 spiro atoms. The lowest BCUT2D eigenvalue weighted by atomic mass is 10.1. The SMILES string of the molecule is Cc1cccc(C)c1-n1ccc(CBr)n1. The van der Waals surface area contributed by atoms with Crippen LogP contribution in [-0.2, 0) is 5.33 Å². The summed E-state index contributed by atoms with van der Waals surface area (Å²) in [5, 5.41) is 5.29. The molecule has 0 radical (unpaired) electrons. The number of benzene rings is 1. The molecule has 0 amide bonds. The van der Waals surface area contributed by atoms with E-state index in [-0.39, 0.29) is 0 Å². The third-order valence-corrected chi connectivity index (χ3v) is 3.02. The molecule has 0 fully saturated rings. The lowest BCUT2D eigenvalue weighted by molar-refractivity contribution is 0.847. The molecule has 3 heteroatoms. The van der Waals surface area contributed by atoms with E-state index < -0.39 is 0 Å². The fourth-order valence-electron chi connectivity index (χ4n) is 1.72. The fourth-order valence-corrected chi connectivity index (χ4v) is 2.02. The molecule has 0 aliphatic carbocycles. The molecule has 0 saturated heterocycles. The lowest BCUT2D eigenvalue weighted by Crippen LogP contribution is -2.00. The summed E-state index contributed by atoms with van der Waals surface area (Å²) in [7, 11) is 0. The molecule has 0 aliphatic heterocycles. The van der Waals surface area contributed by atoms with Crippen LogP contribution in [0, 0.1) is 13.8 Å². The van der Waals surface area contributed by atoms with Gasteiger partial charge in [0.2, 0.25) is 0 Å². The molecule has 2 aromatic rings. The van der Waals surface area contributed by atoms with E-state index in [0.29, 0.717) is 0 Å². The van der Waals surface area contributed by atoms with E-state index in [0.717, 1.165) is 11.0 Å². The molecule has 15 heavy (non-hydrogen) atoms. The summed E-state index contributed by atoms with van der Waals surface area (Å²) >= 11 is 3.40. The minimum absolute atomic E-state index is 0.797. The topological polar surface area (TPSA) is 17.8 Å². The Morgan fingerprint density at radius 2 is 1.87 bits per heavy atom. The Bertz CT molecular complexity index is 454. The Labute approximate surface area is 98.1 Å². The summed E-state index contributed by atoms with van der Waals surface area (Å²) in [5.74, 6) is 0. The fraction of sp³-hybridized carbons (Fsp3) is 0.250. The third kappa shape index (κ3) is 1.97. The van der Waals surface area contributed by atoms with Crippen molar-refractivity contribution in [2.75, 3.05) is 0 Å². The molecule has 0 atom stereocenters. The molecule has 0 unspecified atom stereocenters. The minimum Gasteiger partial charge on any atom is -0.240 e. The number of halogens is 1. The van der Waals surface area contributed by atoms with Crippen LogP contribution in [0.25, 0.3) is 5.69 Å². The maximum atomic E-state index is 4.49. The van der Waals surface area contributed by atoms with Crippen LogP contribution in [0.5, 0.6) is 0 Å². The number of nitrogens with zero attached hydrogens (tertiary/aromatic N) is 2. The van der Waals surface area contributed by atoms with E-state index in [1.54, 1.807) is 0 Å². The Kier molecular flexibility index (Phi) is 2.91. The molecule has 1 aromatic heterocycles. The maximum Gasteiger partial charge on any atom is 0.0734 e. The van der Waals surface area contributed by atoms with Gasteiger partial charge in [0.15, 0.2) is 0 Å². The van der Waals surface area contributed by atoms with Gasteiger partial charge in [-0.15, -0.1) is 0 Å². The van der Waals surface area contributed by atoms with Gasteiger partial charge in [-0.2, -0.15) is 5.10 Å². The van der Waals surface area contributed by atoms with Crippen LogP contribution in [0.3, 0.4) is 0 Å². The van der Waals surface area contributed by atoms with E-state index in [9.17, 15) is 0 Å². The van der Waals surface area contributed by atoms with Crippen molar-refractivity contribution in [2.45, 2.75) is 19.2 Å². The Balaban J connectivity index is 2.53. The number of hydrogen-bond donors (Lipinski definition) is 0. The van der Waals surface area contributed by atoms with Gasteiger partial charge < -0.3 is 0 Å². The lowest BCUT2D eigenvalue weighted by Gasteiger charge is -2.08. The number of rotatable bonds is 2. The number of aromatic nitrogens is 2. The average molecular weight is 265 g/mol. The molecule has 0 saturated carbocycles. The quantitative estimate of drug-likeness (QED) is 0.761. The van der Waals surface area contributed by atoms with Gasteiger partial charge in [-0.1, -0.05) is 34.1 Å². The molecule has 1 heterocycles. The summed E-state index contributed by atoms with van der Waals surface area (Å²) in [6.07, 6.45) is 2.01. The molecule has 78 valence electrons. The van der Waals surface area contributed by atoms with E-state index in [1.165, 1.54) is 16.8 Å². The third-order valence-electron chi connectivity index (χ3n) is 2.45. The molecular weight excluding hydrogens is 252 g/mol. The Morgan fingerprint density at radius 1 is 1.20 bits per heavy atom. The van der Waals surface area contributed by atoms with Crippen LogP contribution in [-0.4, -0.2) is 9.78 Å². The highest BCUT2D eigenvalue weighted by molar-refractivity contribution is 9.08. The van der Waals surface area contributed by atoms with E-state index in [2.05, 4.69) is 53.1 Å². The van der Waals surface area contributed by atoms with Crippen LogP contribution >= 0.6 is 15.9 Å². The first kappa shape index (κ1) is 10.4. The van der Waals surface area contributed by atoms with Crippen LogP contribution in [0.2, 0.25) is 0 Å². The zero-order chi connectivity index (χ0) is 10.8. The zero-order valence-electron chi connectivity index (χ0n) is 8.87. The first-order valence-corrected chi connectivity index (χ1v) is 6.01. The second kappa shape index (κ2) is 4.19. The van der Waals surface area contributed by atoms with Crippen LogP contribution < -0.4 is 0 Å². The second-order valence-electron chi connectivity index (χ2n) is 3.63. The number of para-hydroxylation sites is 1. The highest BCUT2D eigenvalue weighted by atomic mass is 79.9. The Morgan fingerprint density at radius 3 is 2.40 bits per heavy atom. The normalized spacial score (nSPS) is 10.6. The number of hydrogen-bond acceptors (Lipinski definition) is 1. The molecule has 2 nitrogen and oxygen atoms in total. The van der Waals surface area contributed by atoms with Gasteiger partial charge in [-0.25, -0.2) is 4.68 Å². The van der Waals surface area contributed by atoms with E-state index in [4.69, 9.17) is 0 Å². The predicted molar refractivity (Wildman–Crippen MR) is 65.7 cm³/mol. The number of aryl methyl sites for hydroxylation is 2. The molecule has 0 N–H and O–H groups in total. The molecule has 0 bridgehead atoms. The van der Waals surface area contributed by atoms with Crippen molar-refractivity contribution >= 4 is 15.9 Å². The molecule has 2 rings (SSSR count). The average Bonchev–Trinajstić information content (AvgIpc) is 2.66. The summed E-state index contributed by atoms with van der Waals surface area (Å²) in [4.78, 5) is 0. The van der Waals surface area contributed by atoms with Gasteiger partial charge in [0.1, 0.15) is 0 Å². The first-order chi connectivity index (χ1) is 7.22.